The van der Waals surface area contributed by atoms with Crippen molar-refractivity contribution in [2.24, 2.45) is 13.0 Å². The van der Waals surface area contributed by atoms with Crippen molar-refractivity contribution in [3.05, 3.63) is 29.0 Å². The molecule has 1 aromatic carbocycles. The number of nitrogens with one attached hydrogen (secondary N) is 1. The van der Waals surface area contributed by atoms with Crippen LogP contribution in [0.5, 0.6) is 5.75 Å². The fourth-order valence-corrected chi connectivity index (χ4v) is 3.67. The van der Waals surface area contributed by atoms with E-state index in [1.807, 2.05) is 47.5 Å². The molecule has 0 atom stereocenters. The van der Waals surface area contributed by atoms with E-state index in [1.54, 1.807) is 7.11 Å². The van der Waals surface area contributed by atoms with Gasteiger partial charge in [-0.1, -0.05) is 0 Å². The Morgan fingerprint density at radius 2 is 1.96 bits per heavy atom. The van der Waals surface area contributed by atoms with Crippen LogP contribution in [0.2, 0.25) is 0 Å². The first-order chi connectivity index (χ1) is 13.0. The van der Waals surface area contributed by atoms with Gasteiger partial charge in [-0.05, 0) is 43.4 Å². The van der Waals surface area contributed by atoms with E-state index >= 15 is 0 Å². The Morgan fingerprint density at radius 1 is 1.30 bits per heavy atom. The summed E-state index contributed by atoms with van der Waals surface area (Å²) >= 11 is 5.58. The molecule has 2 aromatic rings. The minimum atomic E-state index is -0.0622. The molecule has 0 spiro atoms. The number of esters is 1. The van der Waals surface area contributed by atoms with Crippen LogP contribution in [0.15, 0.2) is 24.3 Å². The second kappa shape index (κ2) is 8.67. The summed E-state index contributed by atoms with van der Waals surface area (Å²) in [6, 6.07) is 7.81. The van der Waals surface area contributed by atoms with E-state index in [-0.39, 0.29) is 11.9 Å². The Hall–Kier alpha value is -2.19. The van der Waals surface area contributed by atoms with Crippen LogP contribution in [0, 0.1) is 10.7 Å². The third-order valence-corrected chi connectivity index (χ3v) is 5.56. The Balaban J connectivity index is 1.68. The lowest BCUT2D eigenvalue weighted by atomic mass is 9.97. The molecule has 0 aliphatic carbocycles. The van der Waals surface area contributed by atoms with E-state index in [4.69, 9.17) is 26.8 Å². The molecule has 0 bridgehead atoms. The molecule has 27 heavy (non-hydrogen) atoms. The number of methoxy groups -OCH3 is 1. The molecule has 8 heteroatoms. The summed E-state index contributed by atoms with van der Waals surface area (Å²) in [7, 11) is 3.59. The molecule has 0 radical (unpaired) electrons. The Kier molecular flexibility index (Phi) is 6.28. The second-order valence-corrected chi connectivity index (χ2v) is 7.19. The number of quaternary nitrogens is 1. The van der Waals surface area contributed by atoms with Crippen LogP contribution in [-0.4, -0.2) is 47.1 Å². The van der Waals surface area contributed by atoms with Gasteiger partial charge in [0.25, 0.3) is 0 Å². The Labute approximate surface area is 164 Å². The van der Waals surface area contributed by atoms with Gasteiger partial charge in [0.05, 0.1) is 32.7 Å². The Morgan fingerprint density at radius 3 is 2.56 bits per heavy atom. The van der Waals surface area contributed by atoms with Gasteiger partial charge in [0.1, 0.15) is 5.75 Å². The van der Waals surface area contributed by atoms with Crippen LogP contribution in [0.1, 0.15) is 19.8 Å². The lowest BCUT2D eigenvalue weighted by Crippen LogP contribution is -3.12. The molecule has 1 aliphatic heterocycles. The minimum Gasteiger partial charge on any atom is -0.497 e. The molecular weight excluding hydrogens is 364 g/mol. The number of aromatic nitrogens is 3. The number of hydrogen-bond donors (Lipinski definition) is 1. The summed E-state index contributed by atoms with van der Waals surface area (Å²) in [6.07, 6.45) is 1.69. The minimum absolute atomic E-state index is 0.0280. The van der Waals surface area contributed by atoms with Crippen molar-refractivity contribution in [2.75, 3.05) is 26.8 Å². The molecule has 146 valence electrons. The zero-order chi connectivity index (χ0) is 19.4. The van der Waals surface area contributed by atoms with E-state index < -0.39 is 0 Å². The highest BCUT2D eigenvalue weighted by atomic mass is 32.1. The van der Waals surface area contributed by atoms with Crippen LogP contribution in [0.25, 0.3) is 11.4 Å². The molecule has 0 amide bonds. The average Bonchev–Trinajstić information content (AvgIpc) is 2.97. The van der Waals surface area contributed by atoms with Crippen molar-refractivity contribution in [3.8, 4) is 17.1 Å². The van der Waals surface area contributed by atoms with Crippen LogP contribution in [-0.2, 0) is 23.2 Å². The van der Waals surface area contributed by atoms with Crippen LogP contribution in [0.3, 0.4) is 0 Å². The van der Waals surface area contributed by atoms with Gasteiger partial charge in [-0.15, -0.1) is 5.10 Å². The zero-order valence-corrected chi connectivity index (χ0v) is 16.9. The fourth-order valence-electron chi connectivity index (χ4n) is 3.47. The number of rotatable bonds is 6. The predicted molar refractivity (Wildman–Crippen MR) is 104 cm³/mol. The zero-order valence-electron chi connectivity index (χ0n) is 16.1. The summed E-state index contributed by atoms with van der Waals surface area (Å²) in [5, 5.41) is 4.73. The molecule has 0 unspecified atom stereocenters. The monoisotopic (exact) mass is 391 g/mol. The summed E-state index contributed by atoms with van der Waals surface area (Å²) < 4.78 is 14.9. The maximum absolute atomic E-state index is 11.9. The van der Waals surface area contributed by atoms with Crippen molar-refractivity contribution in [3.63, 3.8) is 0 Å². The molecule has 7 nitrogen and oxygen atoms in total. The quantitative estimate of drug-likeness (QED) is 0.596. The van der Waals surface area contributed by atoms with E-state index in [1.165, 1.54) is 4.90 Å². The highest BCUT2D eigenvalue weighted by molar-refractivity contribution is 7.71. The maximum atomic E-state index is 11.9. The molecule has 1 fully saturated rings. The van der Waals surface area contributed by atoms with E-state index in [0.29, 0.717) is 18.0 Å². The number of carbonyl (C=O) groups is 1. The van der Waals surface area contributed by atoms with Gasteiger partial charge < -0.3 is 18.9 Å². The summed E-state index contributed by atoms with van der Waals surface area (Å²) in [6.45, 7) is 4.84. The average molecular weight is 392 g/mol. The first-order valence-electron chi connectivity index (χ1n) is 9.32. The van der Waals surface area contributed by atoms with Gasteiger partial charge in [0.2, 0.25) is 4.77 Å². The number of ether oxygens (including phenoxy) is 2. The van der Waals surface area contributed by atoms with Crippen molar-refractivity contribution >= 4 is 18.2 Å². The smallest absolute Gasteiger partial charge is 0.309 e. The van der Waals surface area contributed by atoms with Gasteiger partial charge >= 0.3 is 5.97 Å². The second-order valence-electron chi connectivity index (χ2n) is 6.83. The summed E-state index contributed by atoms with van der Waals surface area (Å²) in [4.78, 5) is 13.3. The molecule has 1 N–H and O–H groups in total. The van der Waals surface area contributed by atoms with Gasteiger partial charge in [-0.2, -0.15) is 4.68 Å². The lowest BCUT2D eigenvalue weighted by molar-refractivity contribution is -0.929. The number of nitrogens with zero attached hydrogens (tertiary/aromatic N) is 3. The number of carbonyl (C=O) groups excluding carboxylic acids is 1. The lowest BCUT2D eigenvalue weighted by Gasteiger charge is -2.27. The molecular formula is C19H27N4O3S+. The summed E-state index contributed by atoms with van der Waals surface area (Å²) in [5.41, 5.74) is 0.999. The van der Waals surface area contributed by atoms with E-state index in [9.17, 15) is 4.79 Å². The Bertz CT molecular complexity index is 836. The first-order valence-corrected chi connectivity index (χ1v) is 9.72. The van der Waals surface area contributed by atoms with Gasteiger partial charge in [0, 0.05) is 25.5 Å². The van der Waals surface area contributed by atoms with Crippen molar-refractivity contribution in [1.82, 2.24) is 14.3 Å². The summed E-state index contributed by atoms with van der Waals surface area (Å²) in [5.74, 6) is 1.62. The van der Waals surface area contributed by atoms with Crippen LogP contribution < -0.4 is 9.64 Å². The highest BCUT2D eigenvalue weighted by Crippen LogP contribution is 2.20. The molecule has 1 saturated heterocycles. The topological polar surface area (TPSA) is 62.7 Å². The highest BCUT2D eigenvalue weighted by Gasteiger charge is 2.29. The normalized spacial score (nSPS) is 19.7. The molecule has 2 heterocycles. The number of piperidine rings is 1. The van der Waals surface area contributed by atoms with E-state index in [0.717, 1.165) is 43.1 Å². The molecule has 3 rings (SSSR count). The van der Waals surface area contributed by atoms with Crippen molar-refractivity contribution in [2.45, 2.75) is 26.4 Å². The third-order valence-electron chi connectivity index (χ3n) is 5.08. The van der Waals surface area contributed by atoms with Gasteiger partial charge in [-0.25, -0.2) is 0 Å². The molecule has 1 aromatic heterocycles. The standard InChI is InChI=1S/C19H26N4O3S/c1-4-26-18(24)15-9-11-22(12-10-15)13-23-19(27)21(2)17(20-23)14-5-7-16(25-3)8-6-14/h5-8,15H,4,9-13H2,1-3H3/p+1. The van der Waals surface area contributed by atoms with Crippen molar-refractivity contribution in [1.29, 1.82) is 0 Å². The number of benzene rings is 1. The number of hydrogen-bond acceptors (Lipinski definition) is 5. The maximum Gasteiger partial charge on any atom is 0.309 e. The first kappa shape index (κ1) is 19.6. The fraction of sp³-hybridized carbons (Fsp3) is 0.526. The van der Waals surface area contributed by atoms with Gasteiger partial charge in [0.15, 0.2) is 12.5 Å². The van der Waals surface area contributed by atoms with Gasteiger partial charge in [-0.3, -0.25) is 4.79 Å². The SMILES string of the molecule is CCOC(=O)C1CC[NH+](Cn2nc(-c3ccc(OC)cc3)n(C)c2=S)CC1. The van der Waals surface area contributed by atoms with Crippen molar-refractivity contribution < 1.29 is 19.2 Å². The largest absolute Gasteiger partial charge is 0.497 e. The third kappa shape index (κ3) is 4.39. The van der Waals surface area contributed by atoms with E-state index in [2.05, 4.69) is 0 Å². The molecule has 1 aliphatic rings. The molecule has 0 saturated carbocycles. The predicted octanol–water partition coefficient (Wildman–Crippen LogP) is 1.44. The van der Waals surface area contributed by atoms with Crippen LogP contribution in [0.4, 0.5) is 0 Å². The number of likely N-dealkylation sites (tertiary alicyclic amines) is 1. The van der Waals surface area contributed by atoms with Crippen LogP contribution >= 0.6 is 12.2 Å².